The van der Waals surface area contributed by atoms with Crippen molar-refractivity contribution in [3.05, 3.63) is 53.5 Å². The van der Waals surface area contributed by atoms with Crippen molar-refractivity contribution in [2.75, 3.05) is 6.54 Å². The predicted molar refractivity (Wildman–Crippen MR) is 119 cm³/mol. The fourth-order valence-electron chi connectivity index (χ4n) is 2.65. The molecule has 0 aliphatic carbocycles. The molecule has 10 heteroatoms. The topological polar surface area (TPSA) is 97.8 Å². The van der Waals surface area contributed by atoms with Crippen LogP contribution in [0, 0.1) is 13.8 Å². The molecular weight excluding hydrogens is 469 g/mol. The van der Waals surface area contributed by atoms with Gasteiger partial charge in [0.05, 0.1) is 18.8 Å². The summed E-state index contributed by atoms with van der Waals surface area (Å²) < 4.78 is 3.58. The van der Waals surface area contributed by atoms with Crippen molar-refractivity contribution in [3.8, 4) is 5.82 Å². The van der Waals surface area contributed by atoms with Gasteiger partial charge in [0.2, 0.25) is 0 Å². The van der Waals surface area contributed by atoms with Crippen molar-refractivity contribution in [1.82, 2.24) is 40.2 Å². The highest BCUT2D eigenvalue weighted by Gasteiger charge is 2.06. The minimum absolute atomic E-state index is 0. The molecule has 0 aromatic carbocycles. The number of aryl methyl sites for hydroxylation is 3. The number of nitrogens with zero attached hydrogens (tertiary/aromatic N) is 7. The molecule has 3 aromatic rings. The first-order valence-corrected chi connectivity index (χ1v) is 8.90. The lowest BCUT2D eigenvalue weighted by atomic mass is 10.3. The van der Waals surface area contributed by atoms with Gasteiger partial charge >= 0.3 is 0 Å². The molecule has 28 heavy (non-hydrogen) atoms. The molecule has 0 aliphatic rings. The highest BCUT2D eigenvalue weighted by molar-refractivity contribution is 14.0. The van der Waals surface area contributed by atoms with E-state index in [1.165, 1.54) is 6.33 Å². The summed E-state index contributed by atoms with van der Waals surface area (Å²) in [5.41, 5.74) is 3.07. The molecule has 0 radical (unpaired) electrons. The van der Waals surface area contributed by atoms with Crippen molar-refractivity contribution < 1.29 is 0 Å². The van der Waals surface area contributed by atoms with E-state index in [4.69, 9.17) is 0 Å². The van der Waals surface area contributed by atoms with E-state index in [1.54, 1.807) is 4.68 Å². The average molecular weight is 495 g/mol. The average Bonchev–Trinajstić information content (AvgIpc) is 3.22. The number of pyridine rings is 1. The van der Waals surface area contributed by atoms with Gasteiger partial charge in [-0.3, -0.25) is 4.68 Å². The summed E-state index contributed by atoms with van der Waals surface area (Å²) in [5.74, 6) is 2.38. The molecule has 3 aromatic heterocycles. The number of halogens is 1. The highest BCUT2D eigenvalue weighted by Crippen LogP contribution is 2.10. The van der Waals surface area contributed by atoms with Gasteiger partial charge in [-0.1, -0.05) is 6.07 Å². The second-order valence-corrected chi connectivity index (χ2v) is 6.21. The molecule has 3 rings (SSSR count). The smallest absolute Gasteiger partial charge is 0.191 e. The zero-order valence-corrected chi connectivity index (χ0v) is 18.9. The van der Waals surface area contributed by atoms with Crippen LogP contribution < -0.4 is 10.6 Å². The van der Waals surface area contributed by atoms with E-state index in [2.05, 4.69) is 35.8 Å². The van der Waals surface area contributed by atoms with Gasteiger partial charge in [-0.05, 0) is 38.5 Å². The second-order valence-electron chi connectivity index (χ2n) is 6.21. The van der Waals surface area contributed by atoms with E-state index in [-0.39, 0.29) is 24.0 Å². The van der Waals surface area contributed by atoms with Crippen molar-refractivity contribution in [3.63, 3.8) is 0 Å². The largest absolute Gasteiger partial charge is 0.357 e. The Morgan fingerprint density at radius 1 is 1.18 bits per heavy atom. The summed E-state index contributed by atoms with van der Waals surface area (Å²) >= 11 is 0. The Balaban J connectivity index is 0.00000280. The Hall–Kier alpha value is -2.50. The van der Waals surface area contributed by atoms with Crippen molar-refractivity contribution in [1.29, 1.82) is 0 Å². The van der Waals surface area contributed by atoms with Crippen LogP contribution in [-0.2, 0) is 20.1 Å². The van der Waals surface area contributed by atoms with Gasteiger partial charge in [0, 0.05) is 25.5 Å². The first kappa shape index (κ1) is 21.8. The maximum absolute atomic E-state index is 4.61. The lowest BCUT2D eigenvalue weighted by molar-refractivity contribution is 0.673. The van der Waals surface area contributed by atoms with E-state index < -0.39 is 0 Å². The Kier molecular flexibility index (Phi) is 7.91. The Morgan fingerprint density at radius 3 is 2.57 bits per heavy atom. The quantitative estimate of drug-likeness (QED) is 0.308. The molecule has 150 valence electrons. The van der Waals surface area contributed by atoms with Crippen LogP contribution in [0.4, 0.5) is 0 Å². The lowest BCUT2D eigenvalue weighted by Crippen LogP contribution is -2.37. The summed E-state index contributed by atoms with van der Waals surface area (Å²) in [5, 5.41) is 15.0. The maximum Gasteiger partial charge on any atom is 0.191 e. The van der Waals surface area contributed by atoms with Gasteiger partial charge < -0.3 is 10.6 Å². The van der Waals surface area contributed by atoms with Gasteiger partial charge in [0.1, 0.15) is 12.2 Å². The molecule has 0 saturated carbocycles. The Bertz CT molecular complexity index is 912. The van der Waals surface area contributed by atoms with Crippen LogP contribution in [0.3, 0.4) is 0 Å². The number of hydrogen-bond acceptors (Lipinski definition) is 5. The molecule has 0 atom stereocenters. The Morgan fingerprint density at radius 2 is 2.00 bits per heavy atom. The van der Waals surface area contributed by atoms with Crippen molar-refractivity contribution in [2.24, 2.45) is 12.0 Å². The number of aliphatic imine (C=N–C) groups is 1. The number of hydrogen-bond donors (Lipinski definition) is 2. The van der Waals surface area contributed by atoms with E-state index in [0.29, 0.717) is 13.1 Å². The highest BCUT2D eigenvalue weighted by atomic mass is 127. The third-order valence-electron chi connectivity index (χ3n) is 4.02. The standard InChI is InChI=1S/C18H25N9.HI/c1-5-19-18(22-11-17-23-12-24-26(17)4)21-10-15-6-7-16(20-9-15)27-14(3)8-13(2)25-27;/h6-9,12H,5,10-11H2,1-4H3,(H2,19,21,22);1H. The first-order valence-electron chi connectivity index (χ1n) is 8.90. The van der Waals surface area contributed by atoms with Crippen LogP contribution >= 0.6 is 24.0 Å². The van der Waals surface area contributed by atoms with E-state index >= 15 is 0 Å². The lowest BCUT2D eigenvalue weighted by Gasteiger charge is -2.11. The van der Waals surface area contributed by atoms with Crippen LogP contribution in [0.5, 0.6) is 0 Å². The summed E-state index contributed by atoms with van der Waals surface area (Å²) in [6, 6.07) is 6.02. The molecule has 0 fully saturated rings. The first-order chi connectivity index (χ1) is 13.1. The number of guanidine groups is 1. The molecule has 2 N–H and O–H groups in total. The van der Waals surface area contributed by atoms with Crippen LogP contribution in [-0.4, -0.2) is 42.0 Å². The SMILES string of the molecule is CCNC(=NCc1ccc(-n2nc(C)cc2C)nc1)NCc1ncnn1C.I. The van der Waals surface area contributed by atoms with Gasteiger partial charge in [0.15, 0.2) is 11.8 Å². The van der Waals surface area contributed by atoms with E-state index in [1.807, 2.05) is 56.9 Å². The van der Waals surface area contributed by atoms with Crippen molar-refractivity contribution in [2.45, 2.75) is 33.9 Å². The molecule has 3 heterocycles. The third-order valence-corrected chi connectivity index (χ3v) is 4.02. The summed E-state index contributed by atoms with van der Waals surface area (Å²) in [6.07, 6.45) is 3.37. The Labute approximate surface area is 181 Å². The summed E-state index contributed by atoms with van der Waals surface area (Å²) in [7, 11) is 1.87. The predicted octanol–water partition coefficient (Wildman–Crippen LogP) is 1.89. The normalized spacial score (nSPS) is 11.2. The monoisotopic (exact) mass is 495 g/mol. The van der Waals surface area contributed by atoms with Crippen LogP contribution in [0.25, 0.3) is 5.82 Å². The van der Waals surface area contributed by atoms with E-state index in [9.17, 15) is 0 Å². The van der Waals surface area contributed by atoms with Crippen LogP contribution in [0.15, 0.2) is 35.7 Å². The fraction of sp³-hybridized carbons (Fsp3) is 0.389. The van der Waals surface area contributed by atoms with Gasteiger partial charge in [-0.2, -0.15) is 10.2 Å². The molecule has 0 bridgehead atoms. The minimum atomic E-state index is 0. The number of aromatic nitrogens is 6. The van der Waals surface area contributed by atoms with Crippen LogP contribution in [0.1, 0.15) is 29.7 Å². The van der Waals surface area contributed by atoms with E-state index in [0.717, 1.165) is 41.1 Å². The second kappa shape index (κ2) is 10.2. The van der Waals surface area contributed by atoms with Gasteiger partial charge in [0.25, 0.3) is 0 Å². The molecule has 0 unspecified atom stereocenters. The van der Waals surface area contributed by atoms with Crippen molar-refractivity contribution >= 4 is 29.9 Å². The minimum Gasteiger partial charge on any atom is -0.357 e. The summed E-state index contributed by atoms with van der Waals surface area (Å²) in [4.78, 5) is 13.3. The molecule has 9 nitrogen and oxygen atoms in total. The molecule has 0 amide bonds. The maximum atomic E-state index is 4.61. The number of rotatable bonds is 6. The van der Waals surface area contributed by atoms with Gasteiger partial charge in [-0.25, -0.2) is 19.6 Å². The zero-order chi connectivity index (χ0) is 19.2. The zero-order valence-electron chi connectivity index (χ0n) is 16.5. The molecule has 0 saturated heterocycles. The van der Waals surface area contributed by atoms with Gasteiger partial charge in [-0.15, -0.1) is 24.0 Å². The van der Waals surface area contributed by atoms with Crippen LogP contribution in [0.2, 0.25) is 0 Å². The molecule has 0 aliphatic heterocycles. The number of nitrogens with one attached hydrogen (secondary N) is 2. The molecule has 0 spiro atoms. The third kappa shape index (κ3) is 5.50. The molecular formula is C18H26IN9. The summed E-state index contributed by atoms with van der Waals surface area (Å²) in [6.45, 7) is 7.88. The fourth-order valence-corrected chi connectivity index (χ4v) is 2.65.